The minimum Gasteiger partial charge on any atom is -0.480 e. The van der Waals surface area contributed by atoms with Crippen molar-refractivity contribution in [1.82, 2.24) is 0 Å². The second-order valence-electron chi connectivity index (χ2n) is 6.34. The Hall–Kier alpha value is -0.930. The van der Waals surface area contributed by atoms with Gasteiger partial charge in [0.05, 0.1) is 119 Å². The topological polar surface area (TPSA) is 130 Å². The zero-order valence-corrected chi connectivity index (χ0v) is 19.9. The van der Waals surface area contributed by atoms with E-state index in [1.54, 1.807) is 7.11 Å². The van der Waals surface area contributed by atoms with Crippen LogP contribution in [0.5, 0.6) is 0 Å². The normalized spacial score (nSPS) is 11.3. The standard InChI is InChI=1S/C21H42O12/c1-24-2-3-25-4-5-26-6-7-27-8-9-28-10-11-29-12-13-30-14-15-31-16-17-32-18-19-33-20-21(22)23/h2-20H2,1H3,(H,22,23). The number of methoxy groups -OCH3 is 1. The third-order valence-corrected chi connectivity index (χ3v) is 3.63. The second-order valence-corrected chi connectivity index (χ2v) is 6.34. The molecule has 0 heterocycles. The molecule has 0 atom stereocenters. The van der Waals surface area contributed by atoms with Crippen LogP contribution >= 0.6 is 0 Å². The van der Waals surface area contributed by atoms with Gasteiger partial charge in [0, 0.05) is 7.11 Å². The highest BCUT2D eigenvalue weighted by Gasteiger charge is 1.97. The average molecular weight is 487 g/mol. The molecule has 0 spiro atoms. The summed E-state index contributed by atoms with van der Waals surface area (Å²) < 4.78 is 52.5. The Bertz CT molecular complexity index is 386. The van der Waals surface area contributed by atoms with Gasteiger partial charge >= 0.3 is 5.97 Å². The van der Waals surface area contributed by atoms with Crippen LogP contribution in [0.1, 0.15) is 0 Å². The Morgan fingerprint density at radius 3 is 0.848 bits per heavy atom. The lowest BCUT2D eigenvalue weighted by atomic mass is 10.6. The molecule has 1 N–H and O–H groups in total. The molecular formula is C21H42O12. The first-order valence-corrected chi connectivity index (χ1v) is 11.2. The number of carbonyl (C=O) groups is 1. The Labute approximate surface area is 196 Å². The smallest absolute Gasteiger partial charge is 0.329 e. The zero-order valence-electron chi connectivity index (χ0n) is 19.9. The van der Waals surface area contributed by atoms with Crippen molar-refractivity contribution in [2.75, 3.05) is 133 Å². The van der Waals surface area contributed by atoms with Gasteiger partial charge in [0.2, 0.25) is 0 Å². The summed E-state index contributed by atoms with van der Waals surface area (Å²) in [5, 5.41) is 8.39. The van der Waals surface area contributed by atoms with E-state index in [0.717, 1.165) is 0 Å². The number of aliphatic carboxylic acids is 1. The van der Waals surface area contributed by atoms with Gasteiger partial charge in [-0.3, -0.25) is 0 Å². The van der Waals surface area contributed by atoms with Crippen molar-refractivity contribution in [2.24, 2.45) is 0 Å². The summed E-state index contributed by atoms with van der Waals surface area (Å²) in [5.74, 6) is -0.993. The lowest BCUT2D eigenvalue weighted by Crippen LogP contribution is -2.15. The van der Waals surface area contributed by atoms with Gasteiger partial charge in [-0.05, 0) is 0 Å². The summed E-state index contributed by atoms with van der Waals surface area (Å²) in [4.78, 5) is 10.2. The number of hydrogen-bond donors (Lipinski definition) is 1. The predicted octanol–water partition coefficient (Wildman–Crippen LogP) is -0.133. The molecule has 0 saturated carbocycles. The number of rotatable bonds is 29. The lowest BCUT2D eigenvalue weighted by molar-refractivity contribution is -0.142. The monoisotopic (exact) mass is 486 g/mol. The fourth-order valence-electron chi connectivity index (χ4n) is 2.06. The molecule has 0 aliphatic heterocycles. The van der Waals surface area contributed by atoms with Crippen LogP contribution in [-0.4, -0.2) is 144 Å². The summed E-state index contributed by atoms with van der Waals surface area (Å²) in [6, 6.07) is 0. The molecule has 0 aromatic carbocycles. The van der Waals surface area contributed by atoms with E-state index in [1.165, 1.54) is 0 Å². The molecule has 0 unspecified atom stereocenters. The van der Waals surface area contributed by atoms with Crippen LogP contribution in [0, 0.1) is 0 Å². The largest absolute Gasteiger partial charge is 0.480 e. The van der Waals surface area contributed by atoms with E-state index in [0.29, 0.717) is 112 Å². The maximum atomic E-state index is 10.2. The maximum Gasteiger partial charge on any atom is 0.329 e. The first kappa shape index (κ1) is 32.1. The molecule has 0 aromatic heterocycles. The van der Waals surface area contributed by atoms with E-state index in [2.05, 4.69) is 0 Å². The summed E-state index contributed by atoms with van der Waals surface area (Å²) in [5.41, 5.74) is 0. The Morgan fingerprint density at radius 1 is 0.424 bits per heavy atom. The number of hydrogen-bond acceptors (Lipinski definition) is 11. The molecule has 198 valence electrons. The van der Waals surface area contributed by atoms with E-state index in [4.69, 9.17) is 52.5 Å². The molecule has 0 radical (unpaired) electrons. The Morgan fingerprint density at radius 2 is 0.636 bits per heavy atom. The third-order valence-electron chi connectivity index (χ3n) is 3.63. The minimum atomic E-state index is -0.993. The maximum absolute atomic E-state index is 10.2. The quantitative estimate of drug-likeness (QED) is 0.141. The van der Waals surface area contributed by atoms with Crippen molar-refractivity contribution in [3.8, 4) is 0 Å². The molecular weight excluding hydrogens is 444 g/mol. The van der Waals surface area contributed by atoms with E-state index < -0.39 is 5.97 Å². The van der Waals surface area contributed by atoms with Crippen molar-refractivity contribution in [3.63, 3.8) is 0 Å². The number of ether oxygens (including phenoxy) is 10. The molecule has 0 aliphatic rings. The average Bonchev–Trinajstić information content (AvgIpc) is 2.80. The molecule has 0 aromatic rings. The molecule has 0 bridgehead atoms. The van der Waals surface area contributed by atoms with Crippen LogP contribution < -0.4 is 0 Å². The zero-order chi connectivity index (χ0) is 24.1. The van der Waals surface area contributed by atoms with Gasteiger partial charge in [0.1, 0.15) is 6.61 Å². The number of carboxylic acids is 1. The van der Waals surface area contributed by atoms with Crippen LogP contribution in [-0.2, 0) is 52.2 Å². The van der Waals surface area contributed by atoms with E-state index in [9.17, 15) is 4.79 Å². The molecule has 33 heavy (non-hydrogen) atoms. The van der Waals surface area contributed by atoms with Crippen LogP contribution in [0.15, 0.2) is 0 Å². The molecule has 0 amide bonds. The second kappa shape index (κ2) is 29.1. The van der Waals surface area contributed by atoms with Crippen LogP contribution in [0.25, 0.3) is 0 Å². The van der Waals surface area contributed by atoms with Gasteiger partial charge in [-0.25, -0.2) is 4.79 Å². The first-order valence-electron chi connectivity index (χ1n) is 11.2. The highest BCUT2D eigenvalue weighted by molar-refractivity contribution is 5.67. The van der Waals surface area contributed by atoms with Crippen LogP contribution in [0.4, 0.5) is 0 Å². The molecule has 12 heteroatoms. The van der Waals surface area contributed by atoms with E-state index >= 15 is 0 Å². The van der Waals surface area contributed by atoms with Crippen molar-refractivity contribution in [2.45, 2.75) is 0 Å². The summed E-state index contributed by atoms with van der Waals surface area (Å²) >= 11 is 0. The summed E-state index contributed by atoms with van der Waals surface area (Å²) in [6.45, 7) is 8.40. The van der Waals surface area contributed by atoms with Gasteiger partial charge in [0.25, 0.3) is 0 Å². The molecule has 0 rings (SSSR count). The van der Waals surface area contributed by atoms with E-state index in [1.807, 2.05) is 0 Å². The Kier molecular flexibility index (Phi) is 28.3. The van der Waals surface area contributed by atoms with Crippen molar-refractivity contribution >= 4 is 5.97 Å². The first-order chi connectivity index (χ1) is 16.3. The van der Waals surface area contributed by atoms with Crippen molar-refractivity contribution in [3.05, 3.63) is 0 Å². The lowest BCUT2D eigenvalue weighted by Gasteiger charge is -2.08. The molecule has 12 nitrogen and oxygen atoms in total. The molecule has 0 saturated heterocycles. The van der Waals surface area contributed by atoms with Crippen molar-refractivity contribution < 1.29 is 57.3 Å². The third kappa shape index (κ3) is 31.1. The van der Waals surface area contributed by atoms with Gasteiger partial charge in [-0.15, -0.1) is 0 Å². The number of carboxylic acid groups (broad SMARTS) is 1. The SMILES string of the molecule is COCCOCCOCCOCCOCCOCCOCCOCCOCCOCC(=O)O. The van der Waals surface area contributed by atoms with Gasteiger partial charge in [-0.1, -0.05) is 0 Å². The summed E-state index contributed by atoms with van der Waals surface area (Å²) in [6.07, 6.45) is 0. The van der Waals surface area contributed by atoms with Crippen LogP contribution in [0.2, 0.25) is 0 Å². The molecule has 0 fully saturated rings. The van der Waals surface area contributed by atoms with E-state index in [-0.39, 0.29) is 13.2 Å². The highest BCUT2D eigenvalue weighted by Crippen LogP contribution is 1.86. The van der Waals surface area contributed by atoms with Gasteiger partial charge < -0.3 is 52.5 Å². The highest BCUT2D eigenvalue weighted by atomic mass is 16.6. The predicted molar refractivity (Wildman–Crippen MR) is 117 cm³/mol. The summed E-state index contributed by atoms with van der Waals surface area (Å²) in [7, 11) is 1.64. The minimum absolute atomic E-state index is 0.247. The fourth-order valence-corrected chi connectivity index (χ4v) is 2.06. The fraction of sp³-hybridized carbons (Fsp3) is 0.952. The Balaban J connectivity index is 3.01. The van der Waals surface area contributed by atoms with Crippen LogP contribution in [0.3, 0.4) is 0 Å². The van der Waals surface area contributed by atoms with Crippen molar-refractivity contribution in [1.29, 1.82) is 0 Å². The van der Waals surface area contributed by atoms with Gasteiger partial charge in [-0.2, -0.15) is 0 Å². The van der Waals surface area contributed by atoms with Gasteiger partial charge in [0.15, 0.2) is 0 Å². The molecule has 0 aliphatic carbocycles.